The first-order valence-electron chi connectivity index (χ1n) is 7.81. The lowest BCUT2D eigenvalue weighted by molar-refractivity contribution is -0.208. The second kappa shape index (κ2) is 2.19. The molecule has 0 radical (unpaired) electrons. The van der Waals surface area contributed by atoms with E-state index in [9.17, 15) is 5.11 Å². The van der Waals surface area contributed by atoms with Crippen molar-refractivity contribution in [2.24, 2.45) is 47.3 Å². The van der Waals surface area contributed by atoms with Crippen LogP contribution in [0.25, 0.3) is 0 Å². The lowest BCUT2D eigenvalue weighted by Crippen LogP contribution is -2.53. The molecule has 0 aromatic heterocycles. The SMILES string of the molecule is C[Si](C)(C)C[C@@]12O[C@]3(O)[C@@H]4[C@@H]5[C@@H]6C[C@@H]([C@H]5[C@H]41)[C@H]2[C@@H]63. The smallest absolute Gasteiger partial charge is 0.173 e. The van der Waals surface area contributed by atoms with E-state index >= 15 is 0 Å². The quantitative estimate of drug-likeness (QED) is 0.773. The molecule has 5 aliphatic carbocycles. The van der Waals surface area contributed by atoms with Crippen molar-refractivity contribution in [3.05, 3.63) is 0 Å². The molecule has 0 spiro atoms. The highest BCUT2D eigenvalue weighted by atomic mass is 28.3. The molecule has 1 N–H and O–H groups in total. The van der Waals surface area contributed by atoms with Gasteiger partial charge in [0.2, 0.25) is 0 Å². The van der Waals surface area contributed by atoms with E-state index in [-0.39, 0.29) is 5.60 Å². The molecule has 4 bridgehead atoms. The van der Waals surface area contributed by atoms with Crippen molar-refractivity contribution in [3.8, 4) is 0 Å². The van der Waals surface area contributed by atoms with E-state index < -0.39 is 13.9 Å². The van der Waals surface area contributed by atoms with E-state index in [0.29, 0.717) is 11.8 Å². The van der Waals surface area contributed by atoms with Crippen LogP contribution in [0.2, 0.25) is 25.7 Å². The van der Waals surface area contributed by atoms with E-state index in [2.05, 4.69) is 19.6 Å². The fourth-order valence-corrected chi connectivity index (χ4v) is 10.6. The average Bonchev–Trinajstić information content (AvgIpc) is 2.73. The van der Waals surface area contributed by atoms with Gasteiger partial charge in [-0.1, -0.05) is 19.6 Å². The minimum absolute atomic E-state index is 0.144. The average molecular weight is 262 g/mol. The number of ether oxygens (including phenoxy) is 1. The van der Waals surface area contributed by atoms with Gasteiger partial charge in [0.15, 0.2) is 5.79 Å². The highest BCUT2D eigenvalue weighted by molar-refractivity contribution is 6.76. The van der Waals surface area contributed by atoms with Crippen molar-refractivity contribution in [1.29, 1.82) is 0 Å². The molecule has 18 heavy (non-hydrogen) atoms. The van der Waals surface area contributed by atoms with Crippen LogP contribution >= 0.6 is 0 Å². The minimum atomic E-state index is -1.13. The monoisotopic (exact) mass is 262 g/mol. The third-order valence-electron chi connectivity index (χ3n) is 7.75. The molecule has 10 atom stereocenters. The minimum Gasteiger partial charge on any atom is -0.365 e. The van der Waals surface area contributed by atoms with Gasteiger partial charge < -0.3 is 9.84 Å². The van der Waals surface area contributed by atoms with E-state index in [0.717, 1.165) is 35.5 Å². The number of hydrogen-bond acceptors (Lipinski definition) is 2. The fraction of sp³-hybridized carbons (Fsp3) is 1.00. The highest BCUT2D eigenvalue weighted by Gasteiger charge is 2.97. The van der Waals surface area contributed by atoms with Crippen molar-refractivity contribution in [2.45, 2.75) is 43.5 Å². The summed E-state index contributed by atoms with van der Waals surface area (Å²) in [6.45, 7) is 7.42. The van der Waals surface area contributed by atoms with Gasteiger partial charge in [-0.3, -0.25) is 0 Å². The van der Waals surface area contributed by atoms with E-state index in [1.54, 1.807) is 0 Å². The zero-order chi connectivity index (χ0) is 12.2. The van der Waals surface area contributed by atoms with Crippen LogP contribution < -0.4 is 0 Å². The summed E-state index contributed by atoms with van der Waals surface area (Å²) in [7, 11) is -1.13. The van der Waals surface area contributed by atoms with Crippen molar-refractivity contribution >= 4 is 8.07 Å². The second-order valence-electron chi connectivity index (χ2n) is 9.37. The lowest BCUT2D eigenvalue weighted by Gasteiger charge is -2.47. The number of hydrogen-bond donors (Lipinski definition) is 1. The maximum Gasteiger partial charge on any atom is 0.173 e. The standard InChI is InChI=1S/C15H22O2Si/c1-18(2,3)5-14-10-6-4-7-9-8(6)12(14)13(9)15(16,17-14)11(7)10/h6-13,16H,4-5H2,1-3H3/t6-,7-,8+,9+,10-,11+,12+,13+,14-,15-/m0/s1. The summed E-state index contributed by atoms with van der Waals surface area (Å²) in [5.74, 6) is 5.59. The topological polar surface area (TPSA) is 29.5 Å². The Morgan fingerprint density at radius 2 is 1.72 bits per heavy atom. The zero-order valence-corrected chi connectivity index (χ0v) is 12.4. The number of aliphatic hydroxyl groups is 1. The van der Waals surface area contributed by atoms with Crippen LogP contribution in [-0.2, 0) is 4.74 Å². The summed E-state index contributed by atoms with van der Waals surface area (Å²) in [5, 5.41) is 11.1. The van der Waals surface area contributed by atoms with E-state index in [1.807, 2.05) is 0 Å². The Labute approximate surface area is 109 Å². The first kappa shape index (κ1) is 9.95. The molecule has 3 heteroatoms. The maximum absolute atomic E-state index is 11.1. The molecule has 0 amide bonds. The maximum atomic E-state index is 11.1. The Balaban J connectivity index is 1.59. The van der Waals surface area contributed by atoms with Crippen LogP contribution in [0.5, 0.6) is 0 Å². The molecule has 0 aromatic rings. The molecule has 0 aromatic carbocycles. The van der Waals surface area contributed by atoms with Gasteiger partial charge in [-0.15, -0.1) is 0 Å². The van der Waals surface area contributed by atoms with Crippen LogP contribution in [0, 0.1) is 47.3 Å². The van der Waals surface area contributed by atoms with Crippen LogP contribution in [-0.4, -0.2) is 24.6 Å². The normalized spacial score (nSPS) is 76.0. The Bertz CT molecular complexity index is 495. The van der Waals surface area contributed by atoms with Gasteiger partial charge in [0.05, 0.1) is 5.60 Å². The summed E-state index contributed by atoms with van der Waals surface area (Å²) in [4.78, 5) is 0. The van der Waals surface area contributed by atoms with Gasteiger partial charge in [-0.05, 0) is 48.0 Å². The molecule has 5 saturated carbocycles. The molecule has 2 nitrogen and oxygen atoms in total. The van der Waals surface area contributed by atoms with E-state index in [1.165, 1.54) is 12.5 Å². The molecule has 2 saturated heterocycles. The summed E-state index contributed by atoms with van der Waals surface area (Å²) in [5.41, 5.74) is 0.144. The van der Waals surface area contributed by atoms with Crippen LogP contribution in [0.3, 0.4) is 0 Å². The molecular weight excluding hydrogens is 240 g/mol. The van der Waals surface area contributed by atoms with Gasteiger partial charge in [0.25, 0.3) is 0 Å². The molecule has 0 unspecified atom stereocenters. The van der Waals surface area contributed by atoms with Crippen LogP contribution in [0.15, 0.2) is 0 Å². The van der Waals surface area contributed by atoms with Gasteiger partial charge in [0, 0.05) is 19.9 Å². The van der Waals surface area contributed by atoms with Crippen molar-refractivity contribution in [3.63, 3.8) is 0 Å². The molecular formula is C15H22O2Si. The third kappa shape index (κ3) is 0.638. The van der Waals surface area contributed by atoms with Crippen molar-refractivity contribution in [2.75, 3.05) is 0 Å². The summed E-state index contributed by atoms with van der Waals surface area (Å²) in [6.07, 6.45) is 1.44. The fourth-order valence-electron chi connectivity index (χ4n) is 8.36. The van der Waals surface area contributed by atoms with Crippen molar-refractivity contribution < 1.29 is 9.84 Å². The van der Waals surface area contributed by atoms with Crippen LogP contribution in [0.1, 0.15) is 6.42 Å². The predicted octanol–water partition coefficient (Wildman–Crippen LogP) is 2.17. The summed E-state index contributed by atoms with van der Waals surface area (Å²) < 4.78 is 6.51. The van der Waals surface area contributed by atoms with Gasteiger partial charge in [0.1, 0.15) is 0 Å². The second-order valence-corrected chi connectivity index (χ2v) is 14.8. The Morgan fingerprint density at radius 1 is 1.06 bits per heavy atom. The van der Waals surface area contributed by atoms with Gasteiger partial charge in [-0.25, -0.2) is 0 Å². The molecule has 7 rings (SSSR count). The molecule has 7 aliphatic rings. The van der Waals surface area contributed by atoms with Crippen LogP contribution in [0.4, 0.5) is 0 Å². The molecule has 98 valence electrons. The molecule has 2 heterocycles. The Morgan fingerprint density at radius 3 is 2.44 bits per heavy atom. The van der Waals surface area contributed by atoms with Crippen molar-refractivity contribution in [1.82, 2.24) is 0 Å². The summed E-state index contributed by atoms with van der Waals surface area (Å²) >= 11 is 0. The predicted molar refractivity (Wildman–Crippen MR) is 69.5 cm³/mol. The lowest BCUT2D eigenvalue weighted by atomic mass is 9.57. The largest absolute Gasteiger partial charge is 0.365 e. The number of rotatable bonds is 2. The Kier molecular flexibility index (Phi) is 1.21. The first-order valence-corrected chi connectivity index (χ1v) is 11.5. The first-order chi connectivity index (χ1) is 8.39. The zero-order valence-electron chi connectivity index (χ0n) is 11.4. The van der Waals surface area contributed by atoms with Gasteiger partial charge >= 0.3 is 0 Å². The Hall–Kier alpha value is 0.137. The van der Waals surface area contributed by atoms with Gasteiger partial charge in [-0.2, -0.15) is 0 Å². The summed E-state index contributed by atoms with van der Waals surface area (Å²) in [6, 6.07) is 1.30. The highest BCUT2D eigenvalue weighted by Crippen LogP contribution is 2.93. The molecule has 2 aliphatic heterocycles. The molecule has 7 fully saturated rings. The third-order valence-corrected chi connectivity index (χ3v) is 9.36. The van der Waals surface area contributed by atoms with E-state index in [4.69, 9.17) is 4.74 Å².